The highest BCUT2D eigenvalue weighted by molar-refractivity contribution is 6.36. The molecule has 4 amide bonds. The van der Waals surface area contributed by atoms with Crippen LogP contribution in [0.5, 0.6) is 0 Å². The molecule has 0 spiro atoms. The molecule has 4 rings (SSSR count). The average Bonchev–Trinajstić information content (AvgIpc) is 3.16. The van der Waals surface area contributed by atoms with Gasteiger partial charge < -0.3 is 10.2 Å². The Morgan fingerprint density at radius 3 is 1.98 bits per heavy atom. The molecule has 3 aromatic carbocycles. The van der Waals surface area contributed by atoms with Crippen LogP contribution in [0, 0.1) is 0 Å². The van der Waals surface area contributed by atoms with Gasteiger partial charge in [-0.2, -0.15) is 0 Å². The van der Waals surface area contributed by atoms with E-state index in [4.69, 9.17) is 23.2 Å². The summed E-state index contributed by atoms with van der Waals surface area (Å²) in [5.74, 6) is -1.37. The maximum Gasteiger partial charge on any atom is 0.261 e. The molecule has 0 saturated heterocycles. The van der Waals surface area contributed by atoms with Crippen molar-refractivity contribution in [2.24, 2.45) is 0 Å². The van der Waals surface area contributed by atoms with Crippen molar-refractivity contribution < 1.29 is 19.2 Å². The van der Waals surface area contributed by atoms with Crippen LogP contribution in [-0.2, 0) is 22.6 Å². The number of hydrogen-bond donors (Lipinski definition) is 1. The third kappa shape index (κ3) is 7.34. The lowest BCUT2D eigenvalue weighted by Crippen LogP contribution is -2.54. The normalized spacial score (nSPS) is 13.6. The van der Waals surface area contributed by atoms with Crippen molar-refractivity contribution in [1.29, 1.82) is 0 Å². The third-order valence-corrected chi connectivity index (χ3v) is 7.52. The average molecular weight is 595 g/mol. The Morgan fingerprint density at radius 2 is 1.41 bits per heavy atom. The largest absolute Gasteiger partial charge is 0.350 e. The Balaban J connectivity index is 1.60. The van der Waals surface area contributed by atoms with Gasteiger partial charge in [-0.3, -0.25) is 24.1 Å². The number of hydrogen-bond acceptors (Lipinski definition) is 4. The molecule has 1 aliphatic heterocycles. The number of benzene rings is 3. The van der Waals surface area contributed by atoms with E-state index < -0.39 is 11.6 Å². The van der Waals surface area contributed by atoms with Crippen molar-refractivity contribution in [2.75, 3.05) is 6.54 Å². The Labute approximate surface area is 250 Å². The van der Waals surface area contributed by atoms with Crippen LogP contribution in [0.15, 0.2) is 72.8 Å². The quantitative estimate of drug-likeness (QED) is 0.295. The number of nitrogens with one attached hydrogen (secondary N) is 1. The van der Waals surface area contributed by atoms with Crippen molar-refractivity contribution in [2.45, 2.75) is 58.2 Å². The highest BCUT2D eigenvalue weighted by Gasteiger charge is 2.36. The second-order valence-electron chi connectivity index (χ2n) is 11.1. The molecule has 1 atom stereocenters. The van der Waals surface area contributed by atoms with E-state index in [0.717, 1.165) is 5.56 Å². The molecule has 9 heteroatoms. The van der Waals surface area contributed by atoms with Gasteiger partial charge in [0, 0.05) is 47.1 Å². The number of carbonyl (C=O) groups is 4. The first-order valence-electron chi connectivity index (χ1n) is 13.5. The van der Waals surface area contributed by atoms with Gasteiger partial charge in [-0.05, 0) is 57.0 Å². The molecule has 1 N–H and O–H groups in total. The van der Waals surface area contributed by atoms with Crippen LogP contribution in [0.4, 0.5) is 0 Å². The molecule has 0 fully saturated rings. The molecule has 3 aromatic rings. The molecule has 0 bridgehead atoms. The highest BCUT2D eigenvalue weighted by Crippen LogP contribution is 2.28. The number of amides is 4. The summed E-state index contributed by atoms with van der Waals surface area (Å²) >= 11 is 13.0. The first kappa shape index (κ1) is 30.3. The number of rotatable bonds is 10. The summed E-state index contributed by atoms with van der Waals surface area (Å²) in [5, 5.41) is 3.79. The minimum Gasteiger partial charge on any atom is -0.350 e. The Morgan fingerprint density at radius 1 is 0.854 bits per heavy atom. The minimum atomic E-state index is -0.865. The van der Waals surface area contributed by atoms with E-state index in [2.05, 4.69) is 5.32 Å². The second kappa shape index (κ2) is 12.9. The van der Waals surface area contributed by atoms with Gasteiger partial charge in [-0.1, -0.05) is 71.7 Å². The van der Waals surface area contributed by atoms with Gasteiger partial charge in [0.1, 0.15) is 6.04 Å². The van der Waals surface area contributed by atoms with Crippen LogP contribution in [-0.4, -0.2) is 51.6 Å². The van der Waals surface area contributed by atoms with E-state index in [9.17, 15) is 19.2 Å². The molecular weight excluding hydrogens is 561 g/mol. The summed E-state index contributed by atoms with van der Waals surface area (Å²) in [6.07, 6.45) is 0.508. The highest BCUT2D eigenvalue weighted by atomic mass is 35.5. The van der Waals surface area contributed by atoms with E-state index in [1.807, 2.05) is 51.1 Å². The van der Waals surface area contributed by atoms with E-state index in [0.29, 0.717) is 26.7 Å². The summed E-state index contributed by atoms with van der Waals surface area (Å²) in [6, 6.07) is 20.4. The summed E-state index contributed by atoms with van der Waals surface area (Å²) in [5.41, 5.74) is 1.61. The molecule has 7 nitrogen and oxygen atoms in total. The van der Waals surface area contributed by atoms with E-state index >= 15 is 0 Å². The predicted molar refractivity (Wildman–Crippen MR) is 160 cm³/mol. The molecular formula is C32H33Cl2N3O4. The van der Waals surface area contributed by atoms with E-state index in [1.165, 1.54) is 9.80 Å². The zero-order valence-corrected chi connectivity index (χ0v) is 24.8. The Kier molecular flexibility index (Phi) is 9.51. The van der Waals surface area contributed by atoms with Gasteiger partial charge in [0.2, 0.25) is 11.8 Å². The molecule has 0 aromatic heterocycles. The molecule has 1 aliphatic rings. The SMILES string of the molecule is CC(C)(C)NC(=O)[C@H](Cc1ccccc1)N(Cc1c(Cl)cccc1Cl)C(=O)CCCN1C(=O)c2ccccc2C1=O. The fourth-order valence-corrected chi connectivity index (χ4v) is 5.35. The summed E-state index contributed by atoms with van der Waals surface area (Å²) in [4.78, 5) is 55.9. The first-order valence-corrected chi connectivity index (χ1v) is 14.3. The predicted octanol–water partition coefficient (Wildman–Crippen LogP) is 5.92. The van der Waals surface area contributed by atoms with E-state index in [1.54, 1.807) is 42.5 Å². The maximum absolute atomic E-state index is 13.9. The van der Waals surface area contributed by atoms with E-state index in [-0.39, 0.29) is 56.0 Å². The second-order valence-corrected chi connectivity index (χ2v) is 11.9. The summed E-state index contributed by atoms with van der Waals surface area (Å²) in [7, 11) is 0. The van der Waals surface area contributed by atoms with Crippen molar-refractivity contribution in [3.8, 4) is 0 Å². The number of carbonyl (C=O) groups excluding carboxylic acids is 4. The Hall–Kier alpha value is -3.68. The van der Waals surface area contributed by atoms with Gasteiger partial charge in [0.05, 0.1) is 11.1 Å². The molecule has 0 unspecified atom stereocenters. The zero-order chi connectivity index (χ0) is 29.7. The minimum absolute atomic E-state index is 0.00354. The fraction of sp³-hybridized carbons (Fsp3) is 0.312. The lowest BCUT2D eigenvalue weighted by molar-refractivity contribution is -0.142. The topological polar surface area (TPSA) is 86.8 Å². The van der Waals surface area contributed by atoms with Crippen LogP contribution in [0.3, 0.4) is 0 Å². The molecule has 1 heterocycles. The summed E-state index contributed by atoms with van der Waals surface area (Å²) in [6.45, 7) is 5.73. The lowest BCUT2D eigenvalue weighted by Gasteiger charge is -2.34. The fourth-order valence-electron chi connectivity index (χ4n) is 4.83. The Bertz CT molecular complexity index is 1400. The third-order valence-electron chi connectivity index (χ3n) is 6.81. The maximum atomic E-state index is 13.9. The van der Waals surface area contributed by atoms with Crippen molar-refractivity contribution in [3.63, 3.8) is 0 Å². The van der Waals surface area contributed by atoms with Crippen LogP contribution in [0.25, 0.3) is 0 Å². The lowest BCUT2D eigenvalue weighted by atomic mass is 10.00. The van der Waals surface area contributed by atoms with Crippen LogP contribution >= 0.6 is 23.2 Å². The number of nitrogens with zero attached hydrogens (tertiary/aromatic N) is 2. The van der Waals surface area contributed by atoms with Crippen molar-refractivity contribution in [3.05, 3.63) is 105 Å². The number of imide groups is 1. The van der Waals surface area contributed by atoms with Gasteiger partial charge in [-0.15, -0.1) is 0 Å². The molecule has 0 radical (unpaired) electrons. The molecule has 41 heavy (non-hydrogen) atoms. The molecule has 214 valence electrons. The van der Waals surface area contributed by atoms with Gasteiger partial charge in [0.15, 0.2) is 0 Å². The smallest absolute Gasteiger partial charge is 0.261 e. The summed E-state index contributed by atoms with van der Waals surface area (Å²) < 4.78 is 0. The van der Waals surface area contributed by atoms with Gasteiger partial charge in [-0.25, -0.2) is 0 Å². The van der Waals surface area contributed by atoms with Gasteiger partial charge >= 0.3 is 0 Å². The first-order chi connectivity index (χ1) is 19.5. The van der Waals surface area contributed by atoms with Crippen LogP contribution in [0.2, 0.25) is 10.0 Å². The standard InChI is InChI=1S/C32H33Cl2N3O4/c1-32(2,3)35-29(39)27(19-21-11-5-4-6-12-21)37(20-24-25(33)15-9-16-26(24)34)28(38)17-10-18-36-30(40)22-13-7-8-14-23(22)31(36)41/h4-9,11-16,27H,10,17-20H2,1-3H3,(H,35,39)/t27-/m0/s1. The zero-order valence-electron chi connectivity index (χ0n) is 23.3. The number of fused-ring (bicyclic) bond motifs is 1. The molecule has 0 saturated carbocycles. The van der Waals surface area contributed by atoms with Crippen LogP contribution in [0.1, 0.15) is 65.5 Å². The van der Waals surface area contributed by atoms with Crippen molar-refractivity contribution in [1.82, 2.24) is 15.1 Å². The van der Waals surface area contributed by atoms with Crippen molar-refractivity contribution >= 4 is 46.8 Å². The van der Waals surface area contributed by atoms with Gasteiger partial charge in [0.25, 0.3) is 11.8 Å². The molecule has 0 aliphatic carbocycles. The van der Waals surface area contributed by atoms with Crippen LogP contribution < -0.4 is 5.32 Å². The monoisotopic (exact) mass is 593 g/mol. The number of halogens is 2.